The van der Waals surface area contributed by atoms with Gasteiger partial charge in [0.05, 0.1) is 17.7 Å². The number of hydrogen-bond acceptors (Lipinski definition) is 4. The van der Waals surface area contributed by atoms with Gasteiger partial charge in [-0.15, -0.1) is 0 Å². The summed E-state index contributed by atoms with van der Waals surface area (Å²) in [5, 5.41) is 2.77. The van der Waals surface area contributed by atoms with Crippen molar-refractivity contribution in [2.75, 3.05) is 6.54 Å². The molecule has 1 fully saturated rings. The van der Waals surface area contributed by atoms with E-state index in [-0.39, 0.29) is 17.3 Å². The maximum Gasteiger partial charge on any atom is 0.243 e. The van der Waals surface area contributed by atoms with Gasteiger partial charge in [0.2, 0.25) is 15.9 Å². The number of benzene rings is 1. The summed E-state index contributed by atoms with van der Waals surface area (Å²) < 4.78 is 33.2. The van der Waals surface area contributed by atoms with Crippen molar-refractivity contribution < 1.29 is 17.6 Å². The number of furan rings is 1. The fourth-order valence-electron chi connectivity index (χ4n) is 2.90. The Morgan fingerprint density at radius 2 is 2.00 bits per heavy atom. The van der Waals surface area contributed by atoms with Crippen LogP contribution in [-0.4, -0.2) is 31.2 Å². The third-order valence-electron chi connectivity index (χ3n) is 4.19. The van der Waals surface area contributed by atoms with Crippen molar-refractivity contribution in [1.29, 1.82) is 0 Å². The van der Waals surface area contributed by atoms with E-state index in [1.165, 1.54) is 10.6 Å². The Hall–Kier alpha value is -1.64. The van der Waals surface area contributed by atoms with E-state index in [1.807, 2.05) is 0 Å². The molecule has 2 heterocycles. The predicted octanol–water partition coefficient (Wildman–Crippen LogP) is 2.90. The average Bonchev–Trinajstić information content (AvgIpc) is 3.13. The second-order valence-electron chi connectivity index (χ2n) is 5.88. The van der Waals surface area contributed by atoms with Gasteiger partial charge in [-0.3, -0.25) is 4.79 Å². The van der Waals surface area contributed by atoms with E-state index in [0.29, 0.717) is 18.7 Å². The molecule has 1 atom stereocenters. The van der Waals surface area contributed by atoms with Crippen LogP contribution in [0.25, 0.3) is 0 Å². The third-order valence-corrected chi connectivity index (χ3v) is 6.64. The lowest BCUT2D eigenvalue weighted by molar-refractivity contribution is -0.125. The van der Waals surface area contributed by atoms with Crippen molar-refractivity contribution in [3.63, 3.8) is 0 Å². The number of nitrogens with one attached hydrogen (secondary N) is 1. The summed E-state index contributed by atoms with van der Waals surface area (Å²) >= 11 is 3.30. The van der Waals surface area contributed by atoms with Crippen molar-refractivity contribution in [2.45, 2.75) is 36.7 Å². The standard InChI is InChI=1S/C17H19BrN2O4S/c18-13-6-8-15(9-7-13)25(22,23)20-10-2-1-5-16(20)17(21)19-12-14-4-3-11-24-14/h3-4,6-9,11,16H,1-2,5,10,12H2,(H,19,21). The molecule has 1 aromatic carbocycles. The Kier molecular flexibility index (Phi) is 5.61. The zero-order valence-corrected chi connectivity index (χ0v) is 15.9. The van der Waals surface area contributed by atoms with Crippen LogP contribution in [0.15, 0.2) is 56.4 Å². The van der Waals surface area contributed by atoms with Crippen LogP contribution in [-0.2, 0) is 21.4 Å². The molecule has 8 heteroatoms. The average molecular weight is 427 g/mol. The highest BCUT2D eigenvalue weighted by atomic mass is 79.9. The number of piperidine rings is 1. The minimum Gasteiger partial charge on any atom is -0.467 e. The SMILES string of the molecule is O=C(NCc1ccco1)C1CCCCN1S(=O)(=O)c1ccc(Br)cc1. The molecule has 6 nitrogen and oxygen atoms in total. The molecule has 1 unspecified atom stereocenters. The summed E-state index contributed by atoms with van der Waals surface area (Å²) in [6.45, 7) is 0.589. The van der Waals surface area contributed by atoms with Crippen molar-refractivity contribution in [1.82, 2.24) is 9.62 Å². The van der Waals surface area contributed by atoms with Crippen LogP contribution in [0.1, 0.15) is 25.0 Å². The highest BCUT2D eigenvalue weighted by Gasteiger charge is 2.37. The van der Waals surface area contributed by atoms with E-state index in [2.05, 4.69) is 21.2 Å². The Bertz CT molecular complexity index is 819. The van der Waals surface area contributed by atoms with E-state index < -0.39 is 16.1 Å². The van der Waals surface area contributed by atoms with Crippen LogP contribution in [0.3, 0.4) is 0 Å². The van der Waals surface area contributed by atoms with E-state index in [9.17, 15) is 13.2 Å². The normalized spacial score (nSPS) is 18.8. The van der Waals surface area contributed by atoms with Gasteiger partial charge in [0.25, 0.3) is 0 Å². The van der Waals surface area contributed by atoms with Gasteiger partial charge in [-0.2, -0.15) is 4.31 Å². The summed E-state index contributed by atoms with van der Waals surface area (Å²) in [6, 6.07) is 9.27. The first kappa shape index (κ1) is 18.2. The minimum absolute atomic E-state index is 0.196. The number of rotatable bonds is 5. The number of amides is 1. The van der Waals surface area contributed by atoms with Crippen molar-refractivity contribution >= 4 is 31.9 Å². The van der Waals surface area contributed by atoms with E-state index in [1.54, 1.807) is 36.4 Å². The van der Waals surface area contributed by atoms with Crippen molar-refractivity contribution in [3.8, 4) is 0 Å². The number of sulfonamides is 1. The summed E-state index contributed by atoms with van der Waals surface area (Å²) in [6.07, 6.45) is 3.62. The van der Waals surface area contributed by atoms with Crippen LogP contribution in [0.2, 0.25) is 0 Å². The van der Waals surface area contributed by atoms with E-state index in [0.717, 1.165) is 17.3 Å². The number of nitrogens with zero attached hydrogens (tertiary/aromatic N) is 1. The molecule has 1 aromatic heterocycles. The number of hydrogen-bond donors (Lipinski definition) is 1. The molecule has 0 aliphatic carbocycles. The van der Waals surface area contributed by atoms with Gasteiger partial charge in [-0.25, -0.2) is 8.42 Å². The van der Waals surface area contributed by atoms with Crippen LogP contribution in [0.5, 0.6) is 0 Å². The Morgan fingerprint density at radius 3 is 2.68 bits per heavy atom. The second kappa shape index (κ2) is 7.72. The van der Waals surface area contributed by atoms with E-state index >= 15 is 0 Å². The zero-order chi connectivity index (χ0) is 17.9. The molecule has 0 spiro atoms. The molecule has 0 radical (unpaired) electrons. The molecule has 25 heavy (non-hydrogen) atoms. The second-order valence-corrected chi connectivity index (χ2v) is 8.68. The quantitative estimate of drug-likeness (QED) is 0.796. The summed E-state index contributed by atoms with van der Waals surface area (Å²) in [7, 11) is -3.72. The zero-order valence-electron chi connectivity index (χ0n) is 13.5. The fraction of sp³-hybridized carbons (Fsp3) is 0.353. The number of halogens is 1. The Balaban J connectivity index is 1.77. The molecule has 1 N–H and O–H groups in total. The molecule has 1 saturated heterocycles. The lowest BCUT2D eigenvalue weighted by atomic mass is 10.0. The lowest BCUT2D eigenvalue weighted by Gasteiger charge is -2.33. The molecule has 1 amide bonds. The van der Waals surface area contributed by atoms with Crippen molar-refractivity contribution in [3.05, 3.63) is 52.9 Å². The van der Waals surface area contributed by atoms with Gasteiger partial charge in [0.1, 0.15) is 11.8 Å². The van der Waals surface area contributed by atoms with Crippen LogP contribution < -0.4 is 5.32 Å². The molecule has 1 aliphatic heterocycles. The van der Waals surface area contributed by atoms with Gasteiger partial charge in [-0.1, -0.05) is 22.4 Å². The number of carbonyl (C=O) groups excluding carboxylic acids is 1. The van der Waals surface area contributed by atoms with Crippen LogP contribution in [0.4, 0.5) is 0 Å². The Morgan fingerprint density at radius 1 is 1.24 bits per heavy atom. The predicted molar refractivity (Wildman–Crippen MR) is 96.2 cm³/mol. The lowest BCUT2D eigenvalue weighted by Crippen LogP contribution is -2.51. The first-order valence-electron chi connectivity index (χ1n) is 8.06. The summed E-state index contributed by atoms with van der Waals surface area (Å²) in [4.78, 5) is 12.8. The molecule has 134 valence electrons. The highest BCUT2D eigenvalue weighted by Crippen LogP contribution is 2.26. The molecular weight excluding hydrogens is 408 g/mol. The Labute approximate surface area is 155 Å². The van der Waals surface area contributed by atoms with Gasteiger partial charge in [-0.05, 0) is 49.2 Å². The van der Waals surface area contributed by atoms with Crippen LogP contribution >= 0.6 is 15.9 Å². The first-order chi connectivity index (χ1) is 12.0. The fourth-order valence-corrected chi connectivity index (χ4v) is 4.82. The van der Waals surface area contributed by atoms with Gasteiger partial charge in [0, 0.05) is 11.0 Å². The molecule has 0 saturated carbocycles. The molecule has 2 aromatic rings. The van der Waals surface area contributed by atoms with Gasteiger partial charge >= 0.3 is 0 Å². The maximum atomic E-state index is 13.0. The molecule has 3 rings (SSSR count). The highest BCUT2D eigenvalue weighted by molar-refractivity contribution is 9.10. The molecule has 0 bridgehead atoms. The smallest absolute Gasteiger partial charge is 0.243 e. The molecular formula is C17H19BrN2O4S. The third kappa shape index (κ3) is 4.13. The van der Waals surface area contributed by atoms with Crippen molar-refractivity contribution in [2.24, 2.45) is 0 Å². The van der Waals surface area contributed by atoms with Crippen LogP contribution in [0, 0.1) is 0 Å². The van der Waals surface area contributed by atoms with Gasteiger partial charge in [0.15, 0.2) is 0 Å². The maximum absolute atomic E-state index is 13.0. The first-order valence-corrected chi connectivity index (χ1v) is 10.3. The topological polar surface area (TPSA) is 79.6 Å². The molecule has 1 aliphatic rings. The van der Waals surface area contributed by atoms with E-state index in [4.69, 9.17) is 4.42 Å². The largest absolute Gasteiger partial charge is 0.467 e. The monoisotopic (exact) mass is 426 g/mol. The summed E-state index contributed by atoms with van der Waals surface area (Å²) in [5.41, 5.74) is 0. The van der Waals surface area contributed by atoms with Gasteiger partial charge < -0.3 is 9.73 Å². The number of carbonyl (C=O) groups is 1. The minimum atomic E-state index is -3.72. The summed E-state index contributed by atoms with van der Waals surface area (Å²) in [5.74, 6) is 0.336.